The molecule has 0 aliphatic heterocycles. The molecule has 0 amide bonds. The fourth-order valence-electron chi connectivity index (χ4n) is 0.464. The molecule has 5 nitrogen and oxygen atoms in total. The topological polar surface area (TPSA) is 75.1 Å². The molecule has 0 spiro atoms. The predicted octanol–water partition coefficient (Wildman–Crippen LogP) is 1.46. The van der Waals surface area contributed by atoms with Crippen molar-refractivity contribution in [3.05, 3.63) is 0 Å². The third-order valence-electron chi connectivity index (χ3n) is 1.71. The summed E-state index contributed by atoms with van der Waals surface area (Å²) in [4.78, 5) is 0. The highest BCUT2D eigenvalue weighted by Gasteiger charge is 1.89. The monoisotopic (exact) mass is 197 g/mol. The lowest BCUT2D eigenvalue weighted by atomic mass is 10.3. The number of rotatable bonds is 4. The van der Waals surface area contributed by atoms with Gasteiger partial charge in [0.15, 0.2) is 0 Å². The van der Waals surface area contributed by atoms with Crippen LogP contribution in [-0.4, -0.2) is 17.4 Å². The van der Waals surface area contributed by atoms with Gasteiger partial charge in [0, 0.05) is 11.4 Å². The molecule has 14 heavy (non-hydrogen) atoms. The molecule has 0 rings (SSSR count). The largest absolute Gasteiger partial charge is 0.367 e. The zero-order valence-corrected chi connectivity index (χ0v) is 9.33. The van der Waals surface area contributed by atoms with E-state index in [2.05, 4.69) is 20.7 Å². The van der Waals surface area contributed by atoms with Crippen molar-refractivity contribution in [3.8, 4) is 0 Å². The van der Waals surface area contributed by atoms with Gasteiger partial charge in [0.1, 0.15) is 0 Å². The van der Waals surface area contributed by atoms with Crippen LogP contribution < -0.4 is 11.2 Å². The Morgan fingerprint density at radius 1 is 1.07 bits per heavy atom. The van der Waals surface area contributed by atoms with E-state index in [0.29, 0.717) is 0 Å². The minimum Gasteiger partial charge on any atom is -0.367 e. The van der Waals surface area contributed by atoms with Crippen LogP contribution in [0.4, 0.5) is 0 Å². The van der Waals surface area contributed by atoms with Gasteiger partial charge in [-0.2, -0.15) is 10.2 Å². The van der Waals surface area contributed by atoms with Crippen LogP contribution in [0.2, 0.25) is 0 Å². The number of nitrogens with zero attached hydrogens (tertiary/aromatic N) is 3. The number of hydrogen-bond acceptors (Lipinski definition) is 3. The van der Waals surface area contributed by atoms with Crippen molar-refractivity contribution in [2.45, 2.75) is 40.5 Å². The first-order valence-corrected chi connectivity index (χ1v) is 4.75. The third-order valence-corrected chi connectivity index (χ3v) is 1.71. The molecular weight excluding hydrogens is 178 g/mol. The van der Waals surface area contributed by atoms with Crippen molar-refractivity contribution < 1.29 is 0 Å². The standard InChI is InChI=1S/C9H19N5/c1-5-7(3)11-13-9(10)14-12-8(4)6-2/h5-6H2,1-4H3,(H3,10,13,14)/b11-7-,12-8-. The molecule has 0 radical (unpaired) electrons. The summed E-state index contributed by atoms with van der Waals surface area (Å²) in [6, 6.07) is 0. The van der Waals surface area contributed by atoms with Crippen LogP contribution in [0.5, 0.6) is 0 Å². The van der Waals surface area contributed by atoms with Gasteiger partial charge in [-0.05, 0) is 26.7 Å². The summed E-state index contributed by atoms with van der Waals surface area (Å²) in [5.41, 5.74) is 10.0. The molecule has 5 heteroatoms. The molecule has 0 aliphatic carbocycles. The molecule has 0 aromatic carbocycles. The number of nitrogens with one attached hydrogen (secondary N) is 1. The second kappa shape index (κ2) is 7.06. The van der Waals surface area contributed by atoms with Gasteiger partial charge in [-0.1, -0.05) is 13.8 Å². The molecule has 0 aromatic rings. The maximum Gasteiger partial charge on any atom is 0.234 e. The lowest BCUT2D eigenvalue weighted by Gasteiger charge is -1.98. The van der Waals surface area contributed by atoms with Gasteiger partial charge >= 0.3 is 0 Å². The Morgan fingerprint density at radius 3 is 2.14 bits per heavy atom. The van der Waals surface area contributed by atoms with Crippen LogP contribution in [0.3, 0.4) is 0 Å². The normalized spacial score (nSPS) is 14.4. The van der Waals surface area contributed by atoms with E-state index in [1.54, 1.807) is 0 Å². The average Bonchev–Trinajstić information content (AvgIpc) is 2.22. The Kier molecular flexibility index (Phi) is 6.36. The van der Waals surface area contributed by atoms with E-state index in [1.165, 1.54) is 0 Å². The lowest BCUT2D eigenvalue weighted by Crippen LogP contribution is -2.27. The third kappa shape index (κ3) is 6.16. The SMILES string of the molecule is CC/C(C)=N\N=C(N)N/N=C(/C)CC. The molecule has 0 bridgehead atoms. The number of nitrogens with two attached hydrogens (primary N) is 1. The van der Waals surface area contributed by atoms with E-state index in [9.17, 15) is 0 Å². The average molecular weight is 197 g/mol. The summed E-state index contributed by atoms with van der Waals surface area (Å²) in [6.07, 6.45) is 1.76. The first kappa shape index (κ1) is 12.6. The Hall–Kier alpha value is -1.39. The zero-order valence-electron chi connectivity index (χ0n) is 9.33. The van der Waals surface area contributed by atoms with Crippen LogP contribution in [-0.2, 0) is 0 Å². The van der Waals surface area contributed by atoms with Crippen LogP contribution >= 0.6 is 0 Å². The second-order valence-corrected chi connectivity index (χ2v) is 2.99. The predicted molar refractivity (Wildman–Crippen MR) is 61.6 cm³/mol. The molecule has 0 aliphatic rings. The molecule has 0 atom stereocenters. The first-order valence-electron chi connectivity index (χ1n) is 4.75. The van der Waals surface area contributed by atoms with Crippen LogP contribution in [0, 0.1) is 0 Å². The molecule has 0 aromatic heterocycles. The van der Waals surface area contributed by atoms with Crippen LogP contribution in [0.25, 0.3) is 0 Å². The molecule has 0 heterocycles. The maximum absolute atomic E-state index is 5.50. The summed E-state index contributed by atoms with van der Waals surface area (Å²) in [5, 5.41) is 11.6. The fraction of sp³-hybridized carbons (Fsp3) is 0.667. The summed E-state index contributed by atoms with van der Waals surface area (Å²) in [5.74, 6) is 0.214. The minimum atomic E-state index is 0.214. The minimum absolute atomic E-state index is 0.214. The first-order chi connectivity index (χ1) is 6.60. The highest BCUT2D eigenvalue weighted by atomic mass is 15.4. The Morgan fingerprint density at radius 2 is 1.64 bits per heavy atom. The number of hydrogen-bond donors (Lipinski definition) is 2. The molecule has 3 N–H and O–H groups in total. The van der Waals surface area contributed by atoms with Gasteiger partial charge in [-0.15, -0.1) is 5.10 Å². The van der Waals surface area contributed by atoms with Crippen molar-refractivity contribution in [2.75, 3.05) is 0 Å². The summed E-state index contributed by atoms with van der Waals surface area (Å²) < 4.78 is 0. The maximum atomic E-state index is 5.50. The second-order valence-electron chi connectivity index (χ2n) is 2.99. The summed E-state index contributed by atoms with van der Waals surface area (Å²) >= 11 is 0. The van der Waals surface area contributed by atoms with Crippen molar-refractivity contribution in [1.82, 2.24) is 5.43 Å². The quantitative estimate of drug-likeness (QED) is 0.407. The van der Waals surface area contributed by atoms with Crippen molar-refractivity contribution in [2.24, 2.45) is 21.0 Å². The Balaban J connectivity index is 4.14. The zero-order chi connectivity index (χ0) is 11.0. The Bertz CT molecular complexity index is 252. The van der Waals surface area contributed by atoms with E-state index in [0.717, 1.165) is 24.3 Å². The fourth-order valence-corrected chi connectivity index (χ4v) is 0.464. The number of guanidine groups is 1. The molecule has 80 valence electrons. The summed E-state index contributed by atoms with van der Waals surface area (Å²) in [6.45, 7) is 7.85. The number of hydrazone groups is 1. The highest BCUT2D eigenvalue weighted by molar-refractivity contribution is 5.86. The molecular formula is C9H19N5. The molecule has 0 saturated heterocycles. The van der Waals surface area contributed by atoms with Crippen molar-refractivity contribution >= 4 is 17.4 Å². The van der Waals surface area contributed by atoms with Gasteiger partial charge < -0.3 is 5.73 Å². The van der Waals surface area contributed by atoms with Crippen LogP contribution in [0.15, 0.2) is 15.3 Å². The smallest absolute Gasteiger partial charge is 0.234 e. The van der Waals surface area contributed by atoms with Gasteiger partial charge in [0.05, 0.1) is 0 Å². The van der Waals surface area contributed by atoms with E-state index in [4.69, 9.17) is 5.73 Å². The van der Waals surface area contributed by atoms with Crippen molar-refractivity contribution in [1.29, 1.82) is 0 Å². The van der Waals surface area contributed by atoms with Gasteiger partial charge in [-0.3, -0.25) is 0 Å². The van der Waals surface area contributed by atoms with E-state index < -0.39 is 0 Å². The lowest BCUT2D eigenvalue weighted by molar-refractivity contribution is 0.968. The van der Waals surface area contributed by atoms with Gasteiger partial charge in [-0.25, -0.2) is 5.43 Å². The molecule has 0 fully saturated rings. The summed E-state index contributed by atoms with van der Waals surface area (Å²) in [7, 11) is 0. The van der Waals surface area contributed by atoms with E-state index in [-0.39, 0.29) is 5.96 Å². The van der Waals surface area contributed by atoms with Gasteiger partial charge in [0.2, 0.25) is 5.96 Å². The highest BCUT2D eigenvalue weighted by Crippen LogP contribution is 1.85. The van der Waals surface area contributed by atoms with E-state index >= 15 is 0 Å². The molecule has 0 saturated carbocycles. The van der Waals surface area contributed by atoms with E-state index in [1.807, 2.05) is 27.7 Å². The van der Waals surface area contributed by atoms with Crippen LogP contribution in [0.1, 0.15) is 40.5 Å². The van der Waals surface area contributed by atoms with Crippen molar-refractivity contribution in [3.63, 3.8) is 0 Å². The van der Waals surface area contributed by atoms with Gasteiger partial charge in [0.25, 0.3) is 0 Å². The Labute approximate surface area is 85.2 Å². The molecule has 0 unspecified atom stereocenters.